The van der Waals surface area contributed by atoms with Crippen molar-refractivity contribution in [2.24, 2.45) is 5.92 Å². The number of hydrogen-bond acceptors (Lipinski definition) is 6. The van der Waals surface area contributed by atoms with Crippen molar-refractivity contribution in [2.75, 3.05) is 34.3 Å². The maximum atomic E-state index is 13.5. The van der Waals surface area contributed by atoms with Gasteiger partial charge in [0.1, 0.15) is 15.8 Å². The summed E-state index contributed by atoms with van der Waals surface area (Å²) in [4.78, 5) is 29.6. The summed E-state index contributed by atoms with van der Waals surface area (Å²) < 4.78 is 47.5. The van der Waals surface area contributed by atoms with Crippen LogP contribution in [0.15, 0.2) is 35.1 Å². The highest BCUT2D eigenvalue weighted by atomic mass is 79.9. The standard InChI is InChI=1S/C20H30F3N3O3S.C5H3BrClN/c1-13(2)10-16(19(28)24-8-6-18(27)29-5)26-12-14(7-9-25(3)4)15(11-17(26)30)20(21,22)23;6-4-1-2-8-5(7)3-4/h11-13,16H,6-10H2,1-5H3,(H,24,28);1-3H. The smallest absolute Gasteiger partial charge is 0.416 e. The molecule has 0 saturated carbocycles. The van der Waals surface area contributed by atoms with Crippen LogP contribution in [0.1, 0.15) is 43.9 Å². The summed E-state index contributed by atoms with van der Waals surface area (Å²) in [6.45, 7) is 4.31. The van der Waals surface area contributed by atoms with Gasteiger partial charge in [-0.05, 0) is 56.6 Å². The first-order valence-electron chi connectivity index (χ1n) is 11.7. The molecule has 0 saturated heterocycles. The Bertz CT molecular complexity index is 1110. The van der Waals surface area contributed by atoms with E-state index in [9.17, 15) is 22.8 Å². The predicted octanol–water partition coefficient (Wildman–Crippen LogP) is 6.10. The van der Waals surface area contributed by atoms with Crippen LogP contribution in [0.4, 0.5) is 13.2 Å². The lowest BCUT2D eigenvalue weighted by Gasteiger charge is -2.25. The average Bonchev–Trinajstić information content (AvgIpc) is 2.81. The van der Waals surface area contributed by atoms with Crippen molar-refractivity contribution in [3.05, 3.63) is 56.0 Å². The number of carbonyl (C=O) groups excluding carboxylic acids is 2. The predicted molar refractivity (Wildman–Crippen MR) is 148 cm³/mol. The molecule has 212 valence electrons. The van der Waals surface area contributed by atoms with Crippen LogP contribution in [0.25, 0.3) is 0 Å². The third-order valence-corrected chi connectivity index (χ3v) is 6.20. The molecular formula is C25H33BrClF3N4O3S. The lowest BCUT2D eigenvalue weighted by molar-refractivity contribution is -0.140. The van der Waals surface area contributed by atoms with Crippen LogP contribution in [0, 0.1) is 10.6 Å². The van der Waals surface area contributed by atoms with E-state index in [1.165, 1.54) is 17.9 Å². The maximum absolute atomic E-state index is 13.5. The first-order valence-corrected chi connectivity index (χ1v) is 13.3. The largest absolute Gasteiger partial charge is 0.469 e. The molecule has 2 aromatic rings. The Kier molecular flexibility index (Phi) is 14.5. The molecule has 1 unspecified atom stereocenters. The summed E-state index contributed by atoms with van der Waals surface area (Å²) in [7, 11) is 4.81. The first kappa shape index (κ1) is 34.0. The quantitative estimate of drug-likeness (QED) is 0.192. The van der Waals surface area contributed by atoms with Gasteiger partial charge in [0.15, 0.2) is 0 Å². The minimum absolute atomic E-state index is 0.00311. The van der Waals surface area contributed by atoms with Gasteiger partial charge in [0.05, 0.1) is 19.1 Å². The SMILES string of the molecule is COC(=O)CCNC(=O)C(CC(C)C)n1cc(CCN(C)C)c(C(F)(F)F)cc1=S.Clc1cc(Br)ccn1. The summed E-state index contributed by atoms with van der Waals surface area (Å²) in [5, 5.41) is 3.17. The Balaban J connectivity index is 0.000000763. The number of nitrogens with one attached hydrogen (secondary N) is 1. The zero-order valence-electron chi connectivity index (χ0n) is 21.9. The van der Waals surface area contributed by atoms with Crippen LogP contribution < -0.4 is 5.32 Å². The van der Waals surface area contributed by atoms with E-state index >= 15 is 0 Å². The lowest BCUT2D eigenvalue weighted by Crippen LogP contribution is -2.35. The fourth-order valence-electron chi connectivity index (χ4n) is 3.32. The first-order chi connectivity index (χ1) is 17.6. The Hall–Kier alpha value is -2.02. The highest BCUT2D eigenvalue weighted by Gasteiger charge is 2.34. The fourth-order valence-corrected chi connectivity index (χ4v) is 4.26. The molecular weight excluding hydrogens is 609 g/mol. The van der Waals surface area contributed by atoms with E-state index in [4.69, 9.17) is 23.8 Å². The van der Waals surface area contributed by atoms with Gasteiger partial charge in [0.2, 0.25) is 5.91 Å². The van der Waals surface area contributed by atoms with Crippen molar-refractivity contribution in [2.45, 2.75) is 45.3 Å². The number of alkyl halides is 3. The van der Waals surface area contributed by atoms with Gasteiger partial charge in [-0.2, -0.15) is 13.2 Å². The third-order valence-electron chi connectivity index (χ3n) is 5.17. The van der Waals surface area contributed by atoms with Crippen LogP contribution >= 0.6 is 39.7 Å². The van der Waals surface area contributed by atoms with E-state index in [-0.39, 0.29) is 35.5 Å². The molecule has 0 radical (unpaired) electrons. The van der Waals surface area contributed by atoms with Crippen molar-refractivity contribution in [3.8, 4) is 0 Å². The van der Waals surface area contributed by atoms with Gasteiger partial charge >= 0.3 is 12.1 Å². The number of hydrogen-bond donors (Lipinski definition) is 1. The second-order valence-corrected chi connectivity index (χ2v) is 10.8. The van der Waals surface area contributed by atoms with Gasteiger partial charge in [-0.15, -0.1) is 0 Å². The summed E-state index contributed by atoms with van der Waals surface area (Å²) >= 11 is 14.0. The molecule has 0 spiro atoms. The van der Waals surface area contributed by atoms with Gasteiger partial charge in [-0.1, -0.05) is 53.6 Å². The van der Waals surface area contributed by atoms with Crippen molar-refractivity contribution in [1.29, 1.82) is 0 Å². The summed E-state index contributed by atoms with van der Waals surface area (Å²) in [6.07, 6.45) is -0.992. The van der Waals surface area contributed by atoms with Gasteiger partial charge in [-0.25, -0.2) is 4.98 Å². The normalized spacial score (nSPS) is 12.1. The Morgan fingerprint density at radius 1 is 1.29 bits per heavy atom. The van der Waals surface area contributed by atoms with Crippen molar-refractivity contribution in [3.63, 3.8) is 0 Å². The molecule has 7 nitrogen and oxygen atoms in total. The van der Waals surface area contributed by atoms with E-state index < -0.39 is 29.7 Å². The molecule has 1 amide bonds. The molecule has 0 aromatic carbocycles. The molecule has 1 atom stereocenters. The number of ether oxygens (including phenoxy) is 1. The van der Waals surface area contributed by atoms with Crippen molar-refractivity contribution in [1.82, 2.24) is 19.8 Å². The third kappa shape index (κ3) is 12.2. The number of carbonyl (C=O) groups is 2. The molecule has 2 aromatic heterocycles. The number of aromatic nitrogens is 2. The number of rotatable bonds is 10. The summed E-state index contributed by atoms with van der Waals surface area (Å²) in [6, 6.07) is 3.71. The molecule has 38 heavy (non-hydrogen) atoms. The number of methoxy groups -OCH3 is 1. The Morgan fingerprint density at radius 2 is 1.95 bits per heavy atom. The van der Waals surface area contributed by atoms with Gasteiger partial charge in [0.25, 0.3) is 0 Å². The molecule has 2 heterocycles. The second-order valence-electron chi connectivity index (χ2n) is 9.07. The van der Waals surface area contributed by atoms with Gasteiger partial charge in [-0.3, -0.25) is 9.59 Å². The number of amides is 1. The van der Waals surface area contributed by atoms with E-state index in [1.807, 2.05) is 19.9 Å². The molecule has 0 bridgehead atoms. The number of nitrogens with zero attached hydrogens (tertiary/aromatic N) is 3. The van der Waals surface area contributed by atoms with Crippen molar-refractivity contribution < 1.29 is 27.5 Å². The number of likely N-dealkylation sites (N-methyl/N-ethyl adjacent to an activating group) is 1. The lowest BCUT2D eigenvalue weighted by atomic mass is 10.0. The summed E-state index contributed by atoms with van der Waals surface area (Å²) in [5.41, 5.74) is -0.694. The van der Waals surface area contributed by atoms with E-state index in [1.54, 1.807) is 31.3 Å². The monoisotopic (exact) mass is 640 g/mol. The van der Waals surface area contributed by atoms with Crippen molar-refractivity contribution >= 4 is 51.6 Å². The minimum atomic E-state index is -4.54. The molecule has 0 aliphatic rings. The van der Waals surface area contributed by atoms with E-state index in [0.29, 0.717) is 18.1 Å². The molecule has 0 aliphatic heterocycles. The number of esters is 1. The maximum Gasteiger partial charge on any atom is 0.416 e. The molecule has 0 fully saturated rings. The zero-order valence-corrected chi connectivity index (χ0v) is 25.1. The van der Waals surface area contributed by atoms with Crippen LogP contribution in [0.2, 0.25) is 5.15 Å². The number of halogens is 5. The Labute approximate surface area is 239 Å². The molecule has 2 rings (SSSR count). The van der Waals surface area contributed by atoms with Gasteiger partial charge in [0, 0.05) is 30.0 Å². The molecule has 1 N–H and O–H groups in total. The fraction of sp³-hybridized carbons (Fsp3) is 0.520. The average molecular weight is 642 g/mol. The van der Waals surface area contributed by atoms with Crippen LogP contribution in [0.5, 0.6) is 0 Å². The molecule has 0 aliphatic carbocycles. The molecule has 13 heteroatoms. The van der Waals surface area contributed by atoms with E-state index in [0.717, 1.165) is 10.5 Å². The van der Waals surface area contributed by atoms with Crippen LogP contribution in [-0.2, 0) is 26.9 Å². The zero-order chi connectivity index (χ0) is 29.0. The van der Waals surface area contributed by atoms with Crippen LogP contribution in [-0.4, -0.2) is 60.6 Å². The van der Waals surface area contributed by atoms with Crippen LogP contribution in [0.3, 0.4) is 0 Å². The Morgan fingerprint density at radius 3 is 2.42 bits per heavy atom. The second kappa shape index (κ2) is 16.2. The van der Waals surface area contributed by atoms with E-state index in [2.05, 4.69) is 31.0 Å². The number of pyridine rings is 2. The van der Waals surface area contributed by atoms with Gasteiger partial charge < -0.3 is 19.5 Å². The highest BCUT2D eigenvalue weighted by molar-refractivity contribution is 9.10. The minimum Gasteiger partial charge on any atom is -0.469 e. The highest BCUT2D eigenvalue weighted by Crippen LogP contribution is 2.33. The topological polar surface area (TPSA) is 76.5 Å². The summed E-state index contributed by atoms with van der Waals surface area (Å²) in [5.74, 6) is -0.773.